The molecule has 7 rings (SSSR count). The molecule has 2 fully saturated rings. The van der Waals surface area contributed by atoms with Gasteiger partial charge in [-0.05, 0) is 62.5 Å². The Hall–Kier alpha value is -4.17. The van der Waals surface area contributed by atoms with E-state index in [2.05, 4.69) is 63.0 Å². The molecule has 4 heterocycles. The zero-order chi connectivity index (χ0) is 27.8. The summed E-state index contributed by atoms with van der Waals surface area (Å²) in [4.78, 5) is 24.1. The third-order valence-corrected chi connectivity index (χ3v) is 8.95. The predicted molar refractivity (Wildman–Crippen MR) is 161 cm³/mol. The number of rotatable bonds is 6. The van der Waals surface area contributed by atoms with Crippen LogP contribution in [0.4, 0.5) is 0 Å². The molecule has 210 valence electrons. The number of fused-ring (bicyclic) bond motifs is 2. The second kappa shape index (κ2) is 11.0. The largest absolute Gasteiger partial charge is 0.382 e. The average molecular weight is 549 g/mol. The van der Waals surface area contributed by atoms with E-state index in [1.54, 1.807) is 6.20 Å². The lowest BCUT2D eigenvalue weighted by atomic mass is 9.80. The molecule has 1 aliphatic carbocycles. The Morgan fingerprint density at radius 2 is 1.85 bits per heavy atom. The van der Waals surface area contributed by atoms with E-state index in [0.717, 1.165) is 84.2 Å². The Labute approximate surface area is 240 Å². The molecule has 3 aliphatic heterocycles. The van der Waals surface area contributed by atoms with Gasteiger partial charge in [0, 0.05) is 42.1 Å². The highest BCUT2D eigenvalue weighted by Gasteiger charge is 2.40. The lowest BCUT2D eigenvalue weighted by Crippen LogP contribution is -2.45. The summed E-state index contributed by atoms with van der Waals surface area (Å²) in [6, 6.07) is 20.9. The molecule has 2 atom stereocenters. The van der Waals surface area contributed by atoms with Crippen molar-refractivity contribution in [1.29, 1.82) is 0 Å². The van der Waals surface area contributed by atoms with Gasteiger partial charge in [0.2, 0.25) is 5.91 Å². The number of amides is 1. The maximum absolute atomic E-state index is 12.4. The minimum atomic E-state index is -0.259. The Balaban J connectivity index is 1.08. The number of ether oxygens (including phenoxy) is 1. The number of aliphatic imine (C=N–C) groups is 1. The smallest absolute Gasteiger partial charge is 0.249 e. The van der Waals surface area contributed by atoms with Crippen LogP contribution in [-0.4, -0.2) is 47.0 Å². The number of amidine groups is 1. The van der Waals surface area contributed by atoms with E-state index >= 15 is 0 Å². The number of carbonyl (C=O) groups excluding carboxylic acids is 1. The molecule has 3 aromatic rings. The molecule has 4 aliphatic rings. The second-order valence-electron chi connectivity index (χ2n) is 11.5. The van der Waals surface area contributed by atoms with Crippen LogP contribution in [-0.2, 0) is 9.53 Å². The molecular weight excluding hydrogens is 512 g/mol. The molecule has 4 N–H and O–H groups in total. The fraction of sp³-hybridized carbons (Fsp3) is 0.364. The summed E-state index contributed by atoms with van der Waals surface area (Å²) in [7, 11) is 0. The summed E-state index contributed by atoms with van der Waals surface area (Å²) in [5, 5.41) is 8.08. The molecule has 2 aromatic carbocycles. The Bertz CT molecular complexity index is 1530. The number of aromatic nitrogens is 1. The Kier molecular flexibility index (Phi) is 6.92. The van der Waals surface area contributed by atoms with Crippen molar-refractivity contribution in [3.8, 4) is 11.3 Å². The van der Waals surface area contributed by atoms with Gasteiger partial charge in [0.1, 0.15) is 23.8 Å². The number of nitrogens with one attached hydrogen (secondary N) is 2. The van der Waals surface area contributed by atoms with Crippen LogP contribution >= 0.6 is 0 Å². The van der Waals surface area contributed by atoms with E-state index in [9.17, 15) is 4.79 Å². The topological polar surface area (TPSA) is 105 Å². The van der Waals surface area contributed by atoms with Gasteiger partial charge in [-0.3, -0.25) is 4.79 Å². The number of nitrogens with zero attached hydrogens (tertiary/aromatic N) is 3. The van der Waals surface area contributed by atoms with Gasteiger partial charge in [-0.15, -0.1) is 0 Å². The summed E-state index contributed by atoms with van der Waals surface area (Å²) < 4.78 is 5.53. The standard InChI is InChI=1S/C33H36N6O2/c34-31-30-29(25-13-12-23-14-15-26(37-27(23)19-25)22-5-2-1-3-6-22)38-32(39(30)17-16-35-31)24-10-8-21(9-11-24)20-36-33(40)28-7-4-18-41-28/h1-3,5-6,12-17,19,21,24,28,32,38H,4,7-11,18,20H2,(H2,34,35)(H,36,40). The zero-order valence-electron chi connectivity index (χ0n) is 23.1. The van der Waals surface area contributed by atoms with Crippen LogP contribution < -0.4 is 16.4 Å². The van der Waals surface area contributed by atoms with Crippen molar-refractivity contribution in [1.82, 2.24) is 20.5 Å². The average Bonchev–Trinajstić information content (AvgIpc) is 3.70. The van der Waals surface area contributed by atoms with Gasteiger partial charge in [0.05, 0.1) is 16.9 Å². The first kappa shape index (κ1) is 25.8. The molecular formula is C33H36N6O2. The van der Waals surface area contributed by atoms with Crippen molar-refractivity contribution < 1.29 is 9.53 Å². The van der Waals surface area contributed by atoms with Crippen molar-refractivity contribution in [2.24, 2.45) is 22.6 Å². The van der Waals surface area contributed by atoms with E-state index in [1.165, 1.54) is 0 Å². The number of hydrogen-bond acceptors (Lipinski definition) is 7. The Morgan fingerprint density at radius 3 is 2.66 bits per heavy atom. The van der Waals surface area contributed by atoms with Crippen LogP contribution in [0, 0.1) is 11.8 Å². The normalized spacial score (nSPS) is 25.7. The van der Waals surface area contributed by atoms with E-state index in [0.29, 0.717) is 24.3 Å². The highest BCUT2D eigenvalue weighted by molar-refractivity contribution is 6.05. The first-order valence-electron chi connectivity index (χ1n) is 14.8. The fourth-order valence-corrected chi connectivity index (χ4v) is 6.69. The number of carbonyl (C=O) groups is 1. The van der Waals surface area contributed by atoms with Crippen LogP contribution in [0.5, 0.6) is 0 Å². The zero-order valence-corrected chi connectivity index (χ0v) is 23.1. The summed E-state index contributed by atoms with van der Waals surface area (Å²) in [6.07, 6.45) is 9.82. The van der Waals surface area contributed by atoms with Gasteiger partial charge in [-0.25, -0.2) is 9.98 Å². The minimum Gasteiger partial charge on any atom is -0.382 e. The highest BCUT2D eigenvalue weighted by Crippen LogP contribution is 2.39. The van der Waals surface area contributed by atoms with Crippen molar-refractivity contribution >= 4 is 28.3 Å². The SMILES string of the molecule is NC1=NC=CN2C1=C(c1ccc3ccc(-c4ccccc4)nc3c1)NC2C1CCC(CNC(=O)C2CCCO2)CC1. The first-order chi connectivity index (χ1) is 20.1. The molecule has 1 saturated carbocycles. The molecule has 1 aromatic heterocycles. The first-order valence-corrected chi connectivity index (χ1v) is 14.8. The number of nitrogens with two attached hydrogens (primary N) is 1. The van der Waals surface area contributed by atoms with Gasteiger partial charge in [-0.2, -0.15) is 0 Å². The monoisotopic (exact) mass is 548 g/mol. The Morgan fingerprint density at radius 1 is 1.02 bits per heavy atom. The summed E-state index contributed by atoms with van der Waals surface area (Å²) in [5.74, 6) is 1.52. The highest BCUT2D eigenvalue weighted by atomic mass is 16.5. The van der Waals surface area contributed by atoms with E-state index in [4.69, 9.17) is 15.5 Å². The molecule has 8 nitrogen and oxygen atoms in total. The summed E-state index contributed by atoms with van der Waals surface area (Å²) in [5.41, 5.74) is 12.5. The van der Waals surface area contributed by atoms with E-state index in [1.807, 2.05) is 24.4 Å². The van der Waals surface area contributed by atoms with Crippen molar-refractivity contribution in [3.63, 3.8) is 0 Å². The summed E-state index contributed by atoms with van der Waals surface area (Å²) in [6.45, 7) is 1.43. The fourth-order valence-electron chi connectivity index (χ4n) is 6.69. The lowest BCUT2D eigenvalue weighted by molar-refractivity contribution is -0.130. The second-order valence-corrected chi connectivity index (χ2v) is 11.5. The van der Waals surface area contributed by atoms with Crippen LogP contribution in [0.1, 0.15) is 44.1 Å². The molecule has 0 spiro atoms. The predicted octanol–water partition coefficient (Wildman–Crippen LogP) is 4.75. The van der Waals surface area contributed by atoms with Gasteiger partial charge in [0.25, 0.3) is 0 Å². The van der Waals surface area contributed by atoms with Gasteiger partial charge >= 0.3 is 0 Å². The van der Waals surface area contributed by atoms with Crippen LogP contribution in [0.3, 0.4) is 0 Å². The molecule has 0 bridgehead atoms. The van der Waals surface area contributed by atoms with Gasteiger partial charge < -0.3 is 26.0 Å². The maximum Gasteiger partial charge on any atom is 0.249 e. The van der Waals surface area contributed by atoms with Gasteiger partial charge in [0.15, 0.2) is 0 Å². The minimum absolute atomic E-state index is 0.0505. The molecule has 0 radical (unpaired) electrons. The molecule has 41 heavy (non-hydrogen) atoms. The number of pyridine rings is 1. The van der Waals surface area contributed by atoms with Crippen LogP contribution in [0.25, 0.3) is 27.9 Å². The van der Waals surface area contributed by atoms with E-state index < -0.39 is 0 Å². The maximum atomic E-state index is 12.4. The number of benzene rings is 2. The van der Waals surface area contributed by atoms with Crippen molar-refractivity contribution in [3.05, 3.63) is 84.3 Å². The van der Waals surface area contributed by atoms with Crippen molar-refractivity contribution in [2.75, 3.05) is 13.2 Å². The van der Waals surface area contributed by atoms with E-state index in [-0.39, 0.29) is 18.2 Å². The molecule has 2 unspecified atom stereocenters. The third-order valence-electron chi connectivity index (χ3n) is 8.95. The quantitative estimate of drug-likeness (QED) is 0.411. The van der Waals surface area contributed by atoms with Gasteiger partial charge in [-0.1, -0.05) is 48.5 Å². The molecule has 1 amide bonds. The van der Waals surface area contributed by atoms with Crippen LogP contribution in [0.2, 0.25) is 0 Å². The molecule has 1 saturated heterocycles. The van der Waals surface area contributed by atoms with Crippen molar-refractivity contribution in [2.45, 2.75) is 50.8 Å². The van der Waals surface area contributed by atoms with Crippen LogP contribution in [0.15, 0.2) is 83.8 Å². The molecule has 8 heteroatoms. The third kappa shape index (κ3) is 5.08. The number of hydrogen-bond donors (Lipinski definition) is 3. The summed E-state index contributed by atoms with van der Waals surface area (Å²) >= 11 is 0. The lowest BCUT2D eigenvalue weighted by Gasteiger charge is -2.37.